The molecule has 3 aromatic carbocycles. The SMILES string of the molecule is COc1ccc(CN(Cc2ccc(OC)cc2)c2ncc(-c3nc(N4CCOCC4)nc4c3CCN4c3ccc(C(=O)N4CCN(C)CC4)cc3)cn2)cc1. The predicted octanol–water partition coefficient (Wildman–Crippen LogP) is 5.08. The number of amides is 1. The molecule has 2 aromatic heterocycles. The van der Waals surface area contributed by atoms with Crippen molar-refractivity contribution in [2.75, 3.05) is 95.0 Å². The van der Waals surface area contributed by atoms with Gasteiger partial charge in [0.15, 0.2) is 0 Å². The monoisotopic (exact) mass is 741 g/mol. The van der Waals surface area contributed by atoms with Crippen LogP contribution in [0.25, 0.3) is 11.3 Å². The Balaban J connectivity index is 1.09. The topological polar surface area (TPSA) is 113 Å². The Labute approximate surface area is 322 Å². The van der Waals surface area contributed by atoms with Gasteiger partial charge in [-0.25, -0.2) is 15.0 Å². The second kappa shape index (κ2) is 16.3. The summed E-state index contributed by atoms with van der Waals surface area (Å²) in [7, 11) is 5.44. The van der Waals surface area contributed by atoms with Crippen LogP contribution >= 0.6 is 0 Å². The Bertz CT molecular complexity index is 2020. The molecule has 5 heterocycles. The molecule has 284 valence electrons. The van der Waals surface area contributed by atoms with E-state index in [0.29, 0.717) is 56.9 Å². The molecule has 1 amide bonds. The van der Waals surface area contributed by atoms with E-state index in [4.69, 9.17) is 34.1 Å². The summed E-state index contributed by atoms with van der Waals surface area (Å²) in [4.78, 5) is 44.3. The second-order valence-corrected chi connectivity index (χ2v) is 14.1. The molecule has 0 aliphatic carbocycles. The summed E-state index contributed by atoms with van der Waals surface area (Å²) in [5, 5.41) is 0. The fraction of sp³-hybridized carbons (Fsp3) is 0.357. The number of hydrogen-bond donors (Lipinski definition) is 0. The maximum atomic E-state index is 13.3. The van der Waals surface area contributed by atoms with Gasteiger partial charge < -0.3 is 38.7 Å². The van der Waals surface area contributed by atoms with E-state index in [2.05, 4.69) is 50.9 Å². The number of likely N-dealkylation sites (N-methyl/N-ethyl adjacent to an activating group) is 1. The minimum absolute atomic E-state index is 0.0794. The van der Waals surface area contributed by atoms with Crippen molar-refractivity contribution >= 4 is 29.3 Å². The number of ether oxygens (including phenoxy) is 3. The summed E-state index contributed by atoms with van der Waals surface area (Å²) < 4.78 is 16.4. The number of anilines is 4. The second-order valence-electron chi connectivity index (χ2n) is 14.1. The molecule has 13 heteroatoms. The van der Waals surface area contributed by atoms with Crippen molar-refractivity contribution < 1.29 is 19.0 Å². The number of morpholine rings is 1. The third-order valence-electron chi connectivity index (χ3n) is 10.6. The number of fused-ring (bicyclic) bond motifs is 1. The largest absolute Gasteiger partial charge is 0.497 e. The zero-order chi connectivity index (χ0) is 37.7. The average molecular weight is 742 g/mol. The lowest BCUT2D eigenvalue weighted by molar-refractivity contribution is 0.0664. The number of carbonyl (C=O) groups is 1. The van der Waals surface area contributed by atoms with Crippen LogP contribution in [0.2, 0.25) is 0 Å². The fourth-order valence-electron chi connectivity index (χ4n) is 7.32. The third-order valence-corrected chi connectivity index (χ3v) is 10.6. The molecule has 2 fully saturated rings. The van der Waals surface area contributed by atoms with Crippen molar-refractivity contribution in [3.8, 4) is 22.8 Å². The lowest BCUT2D eigenvalue weighted by Gasteiger charge is -2.32. The van der Waals surface area contributed by atoms with Gasteiger partial charge in [-0.15, -0.1) is 0 Å². The molecule has 2 saturated heterocycles. The molecule has 5 aromatic rings. The molecule has 0 radical (unpaired) electrons. The Kier molecular flexibility index (Phi) is 10.7. The van der Waals surface area contributed by atoms with Gasteiger partial charge in [-0.1, -0.05) is 24.3 Å². The lowest BCUT2D eigenvalue weighted by Crippen LogP contribution is -2.47. The summed E-state index contributed by atoms with van der Waals surface area (Å²) in [6.45, 7) is 7.89. The van der Waals surface area contributed by atoms with Crippen LogP contribution in [-0.2, 0) is 24.2 Å². The standard InChI is InChI=1S/C42H47N9O4/c1-47-18-20-48(21-19-47)40(52)32-8-10-34(11-9-32)51-17-16-37-38(45-42(46-39(37)51)49-22-24-55-25-23-49)33-26-43-41(44-27-33)50(28-30-4-12-35(53-2)13-5-30)29-31-6-14-36(54-3)15-7-31/h4-15,26-27H,16-25,28-29H2,1-3H3. The maximum Gasteiger partial charge on any atom is 0.253 e. The molecule has 0 unspecified atom stereocenters. The van der Waals surface area contributed by atoms with Crippen molar-refractivity contribution in [3.63, 3.8) is 0 Å². The number of hydrogen-bond acceptors (Lipinski definition) is 12. The zero-order valence-corrected chi connectivity index (χ0v) is 31.7. The van der Waals surface area contributed by atoms with E-state index in [1.54, 1.807) is 14.2 Å². The molecule has 0 atom stereocenters. The van der Waals surface area contributed by atoms with E-state index in [-0.39, 0.29) is 5.91 Å². The van der Waals surface area contributed by atoms with Crippen LogP contribution in [0.3, 0.4) is 0 Å². The number of carbonyl (C=O) groups excluding carboxylic acids is 1. The fourth-order valence-corrected chi connectivity index (χ4v) is 7.32. The highest BCUT2D eigenvalue weighted by molar-refractivity contribution is 5.95. The first kappa shape index (κ1) is 36.2. The summed E-state index contributed by atoms with van der Waals surface area (Å²) in [6.07, 6.45) is 4.52. The highest BCUT2D eigenvalue weighted by Crippen LogP contribution is 2.39. The smallest absolute Gasteiger partial charge is 0.253 e. The highest BCUT2D eigenvalue weighted by atomic mass is 16.5. The lowest BCUT2D eigenvalue weighted by atomic mass is 10.1. The number of nitrogens with zero attached hydrogens (tertiary/aromatic N) is 9. The number of methoxy groups -OCH3 is 2. The van der Waals surface area contributed by atoms with Gasteiger partial charge in [0, 0.05) is 93.7 Å². The summed E-state index contributed by atoms with van der Waals surface area (Å²) >= 11 is 0. The van der Waals surface area contributed by atoms with Crippen LogP contribution in [0.4, 0.5) is 23.4 Å². The number of aromatic nitrogens is 4. The first-order chi connectivity index (χ1) is 26.9. The first-order valence-electron chi connectivity index (χ1n) is 18.9. The quantitative estimate of drug-likeness (QED) is 0.180. The van der Waals surface area contributed by atoms with Crippen LogP contribution in [0.1, 0.15) is 27.0 Å². The minimum atomic E-state index is 0.0794. The number of rotatable bonds is 11. The van der Waals surface area contributed by atoms with Gasteiger partial charge >= 0.3 is 0 Å². The molecule has 3 aliphatic rings. The molecule has 3 aliphatic heterocycles. The van der Waals surface area contributed by atoms with Crippen LogP contribution in [0.5, 0.6) is 11.5 Å². The van der Waals surface area contributed by atoms with Crippen molar-refractivity contribution in [3.05, 3.63) is 107 Å². The van der Waals surface area contributed by atoms with E-state index in [1.807, 2.05) is 65.8 Å². The van der Waals surface area contributed by atoms with Gasteiger partial charge in [-0.3, -0.25) is 4.79 Å². The van der Waals surface area contributed by atoms with E-state index in [0.717, 1.165) is 90.1 Å². The summed E-state index contributed by atoms with van der Waals surface area (Å²) in [5.74, 6) is 3.85. The third kappa shape index (κ3) is 8.03. The molecule has 0 N–H and O–H groups in total. The predicted molar refractivity (Wildman–Crippen MR) is 213 cm³/mol. The highest BCUT2D eigenvalue weighted by Gasteiger charge is 2.30. The van der Waals surface area contributed by atoms with Crippen molar-refractivity contribution in [1.29, 1.82) is 0 Å². The van der Waals surface area contributed by atoms with Crippen LogP contribution < -0.4 is 24.2 Å². The molecule has 0 bridgehead atoms. The van der Waals surface area contributed by atoms with Gasteiger partial charge in [0.25, 0.3) is 5.91 Å². The van der Waals surface area contributed by atoms with Gasteiger partial charge in [0.2, 0.25) is 11.9 Å². The Morgan fingerprint density at radius 2 is 1.35 bits per heavy atom. The normalized spacial score (nSPS) is 15.9. The van der Waals surface area contributed by atoms with Crippen LogP contribution in [-0.4, -0.2) is 116 Å². The van der Waals surface area contributed by atoms with Crippen LogP contribution in [0.15, 0.2) is 85.2 Å². The zero-order valence-electron chi connectivity index (χ0n) is 31.7. The van der Waals surface area contributed by atoms with Crippen molar-refractivity contribution in [1.82, 2.24) is 29.7 Å². The molecule has 55 heavy (non-hydrogen) atoms. The minimum Gasteiger partial charge on any atom is -0.497 e. The van der Waals surface area contributed by atoms with Crippen molar-refractivity contribution in [2.45, 2.75) is 19.5 Å². The van der Waals surface area contributed by atoms with Crippen LogP contribution in [0, 0.1) is 0 Å². The van der Waals surface area contributed by atoms with E-state index < -0.39 is 0 Å². The first-order valence-corrected chi connectivity index (χ1v) is 18.9. The molecular formula is C42H47N9O4. The Morgan fingerprint density at radius 3 is 1.93 bits per heavy atom. The van der Waals surface area contributed by atoms with Gasteiger partial charge in [0.05, 0.1) is 33.1 Å². The van der Waals surface area contributed by atoms with Gasteiger partial charge in [-0.2, -0.15) is 4.98 Å². The van der Waals surface area contributed by atoms with E-state index in [1.165, 1.54) is 0 Å². The number of piperazine rings is 1. The molecular weight excluding hydrogens is 695 g/mol. The Morgan fingerprint density at radius 1 is 0.745 bits per heavy atom. The average Bonchev–Trinajstić information content (AvgIpc) is 3.68. The van der Waals surface area contributed by atoms with E-state index in [9.17, 15) is 4.79 Å². The van der Waals surface area contributed by atoms with Gasteiger partial charge in [0.1, 0.15) is 17.3 Å². The summed E-state index contributed by atoms with van der Waals surface area (Å²) in [5.41, 5.74) is 6.64. The molecule has 8 rings (SSSR count). The Hall–Kier alpha value is -5.79. The van der Waals surface area contributed by atoms with Crippen molar-refractivity contribution in [2.24, 2.45) is 0 Å². The molecule has 0 spiro atoms. The number of benzene rings is 3. The molecule has 13 nitrogen and oxygen atoms in total. The van der Waals surface area contributed by atoms with E-state index >= 15 is 0 Å². The van der Waals surface area contributed by atoms with Gasteiger partial charge in [-0.05, 0) is 73.1 Å². The summed E-state index contributed by atoms with van der Waals surface area (Å²) in [6, 6.07) is 24.1. The maximum absolute atomic E-state index is 13.3. The molecule has 0 saturated carbocycles.